The van der Waals surface area contributed by atoms with Crippen LogP contribution in [-0.4, -0.2) is 24.5 Å². The van der Waals surface area contributed by atoms with Gasteiger partial charge in [-0.3, -0.25) is 9.59 Å². The molecule has 0 radical (unpaired) electrons. The van der Waals surface area contributed by atoms with Gasteiger partial charge in [-0.25, -0.2) is 0 Å². The minimum Gasteiger partial charge on any atom is -0.460 e. The SMILES string of the molecule is CNC(=O)C1CCCC(C(=O)OC(C)(C)C)C1. The molecular formula is C13H23NO3. The van der Waals surface area contributed by atoms with Crippen LogP contribution in [-0.2, 0) is 14.3 Å². The van der Waals surface area contributed by atoms with Crippen molar-refractivity contribution in [1.82, 2.24) is 5.32 Å². The van der Waals surface area contributed by atoms with Gasteiger partial charge in [0.25, 0.3) is 0 Å². The topological polar surface area (TPSA) is 55.4 Å². The molecule has 1 rings (SSSR count). The molecule has 1 N–H and O–H groups in total. The molecule has 1 aliphatic carbocycles. The van der Waals surface area contributed by atoms with Gasteiger partial charge >= 0.3 is 5.97 Å². The lowest BCUT2D eigenvalue weighted by Gasteiger charge is -2.29. The van der Waals surface area contributed by atoms with Gasteiger partial charge in [-0.1, -0.05) is 6.42 Å². The van der Waals surface area contributed by atoms with Crippen LogP contribution in [0, 0.1) is 11.8 Å². The van der Waals surface area contributed by atoms with Gasteiger partial charge in [0.2, 0.25) is 5.91 Å². The number of nitrogens with one attached hydrogen (secondary N) is 1. The molecule has 1 aliphatic rings. The second-order valence-electron chi connectivity index (χ2n) is 5.71. The van der Waals surface area contributed by atoms with Crippen LogP contribution < -0.4 is 5.32 Å². The first-order valence-corrected chi connectivity index (χ1v) is 6.28. The summed E-state index contributed by atoms with van der Waals surface area (Å²) in [6.45, 7) is 5.60. The van der Waals surface area contributed by atoms with E-state index in [2.05, 4.69) is 5.32 Å². The minimum atomic E-state index is -0.447. The van der Waals surface area contributed by atoms with Crippen LogP contribution in [0.5, 0.6) is 0 Å². The summed E-state index contributed by atoms with van der Waals surface area (Å²) in [5, 5.41) is 2.65. The molecule has 2 unspecified atom stereocenters. The fraction of sp³-hybridized carbons (Fsp3) is 0.846. The molecule has 0 aromatic rings. The Kier molecular flexibility index (Phi) is 4.54. The highest BCUT2D eigenvalue weighted by Gasteiger charge is 2.33. The summed E-state index contributed by atoms with van der Waals surface area (Å²) in [4.78, 5) is 23.5. The molecule has 4 nitrogen and oxygen atoms in total. The quantitative estimate of drug-likeness (QED) is 0.751. The van der Waals surface area contributed by atoms with E-state index in [9.17, 15) is 9.59 Å². The van der Waals surface area contributed by atoms with Crippen LogP contribution in [0.4, 0.5) is 0 Å². The molecule has 2 atom stereocenters. The highest BCUT2D eigenvalue weighted by atomic mass is 16.6. The summed E-state index contributed by atoms with van der Waals surface area (Å²) in [7, 11) is 1.64. The fourth-order valence-corrected chi connectivity index (χ4v) is 2.23. The lowest BCUT2D eigenvalue weighted by molar-refractivity contribution is -0.161. The van der Waals surface area contributed by atoms with Crippen LogP contribution in [0.15, 0.2) is 0 Å². The first-order valence-electron chi connectivity index (χ1n) is 6.28. The average molecular weight is 241 g/mol. The van der Waals surface area contributed by atoms with E-state index in [1.807, 2.05) is 20.8 Å². The molecule has 4 heteroatoms. The van der Waals surface area contributed by atoms with E-state index in [0.717, 1.165) is 19.3 Å². The summed E-state index contributed by atoms with van der Waals surface area (Å²) in [6, 6.07) is 0. The van der Waals surface area contributed by atoms with Crippen molar-refractivity contribution in [1.29, 1.82) is 0 Å². The molecule has 0 saturated heterocycles. The molecule has 98 valence electrons. The first-order chi connectivity index (χ1) is 7.83. The molecular weight excluding hydrogens is 218 g/mol. The smallest absolute Gasteiger partial charge is 0.309 e. The van der Waals surface area contributed by atoms with Gasteiger partial charge in [0.1, 0.15) is 5.60 Å². The number of rotatable bonds is 2. The highest BCUT2D eigenvalue weighted by Crippen LogP contribution is 2.31. The van der Waals surface area contributed by atoms with Crippen LogP contribution >= 0.6 is 0 Å². The number of hydrogen-bond donors (Lipinski definition) is 1. The van der Waals surface area contributed by atoms with E-state index in [1.165, 1.54) is 0 Å². The average Bonchev–Trinajstić information content (AvgIpc) is 2.26. The molecule has 0 aliphatic heterocycles. The van der Waals surface area contributed by atoms with Gasteiger partial charge in [0, 0.05) is 13.0 Å². The Hall–Kier alpha value is -1.06. The van der Waals surface area contributed by atoms with Crippen molar-refractivity contribution in [3.63, 3.8) is 0 Å². The molecule has 0 aromatic heterocycles. The number of ether oxygens (including phenoxy) is 1. The third kappa shape index (κ3) is 4.36. The van der Waals surface area contributed by atoms with E-state index in [1.54, 1.807) is 7.05 Å². The molecule has 0 aromatic carbocycles. The van der Waals surface area contributed by atoms with Crippen molar-refractivity contribution < 1.29 is 14.3 Å². The second kappa shape index (κ2) is 5.52. The monoisotopic (exact) mass is 241 g/mol. The van der Waals surface area contributed by atoms with Crippen molar-refractivity contribution in [3.8, 4) is 0 Å². The Labute approximate surface area is 103 Å². The predicted octanol–water partition coefficient (Wildman–Crippen LogP) is 1.88. The summed E-state index contributed by atoms with van der Waals surface area (Å²) >= 11 is 0. The lowest BCUT2D eigenvalue weighted by atomic mass is 9.81. The van der Waals surface area contributed by atoms with Gasteiger partial charge < -0.3 is 10.1 Å². The number of esters is 1. The van der Waals surface area contributed by atoms with E-state index >= 15 is 0 Å². The molecule has 0 heterocycles. The molecule has 1 fully saturated rings. The Balaban J connectivity index is 2.55. The van der Waals surface area contributed by atoms with Crippen molar-refractivity contribution >= 4 is 11.9 Å². The number of amides is 1. The molecule has 17 heavy (non-hydrogen) atoms. The van der Waals surface area contributed by atoms with Gasteiger partial charge in [0.15, 0.2) is 0 Å². The summed E-state index contributed by atoms with van der Waals surface area (Å²) in [5.74, 6) is -0.277. The Morgan fingerprint density at radius 3 is 2.29 bits per heavy atom. The summed E-state index contributed by atoms with van der Waals surface area (Å²) < 4.78 is 5.37. The van der Waals surface area contributed by atoms with Crippen molar-refractivity contribution in [3.05, 3.63) is 0 Å². The van der Waals surface area contributed by atoms with Crippen molar-refractivity contribution in [2.45, 2.75) is 52.1 Å². The van der Waals surface area contributed by atoms with Gasteiger partial charge in [-0.15, -0.1) is 0 Å². The van der Waals surface area contributed by atoms with Crippen LogP contribution in [0.1, 0.15) is 46.5 Å². The van der Waals surface area contributed by atoms with Gasteiger partial charge in [-0.05, 0) is 40.0 Å². The Morgan fingerprint density at radius 2 is 1.76 bits per heavy atom. The first kappa shape index (κ1) is 14.0. The predicted molar refractivity (Wildman–Crippen MR) is 65.4 cm³/mol. The van der Waals surface area contributed by atoms with Crippen LogP contribution in [0.3, 0.4) is 0 Å². The zero-order valence-corrected chi connectivity index (χ0v) is 11.2. The standard InChI is InChI=1S/C13H23NO3/c1-13(2,3)17-12(16)10-7-5-6-9(8-10)11(15)14-4/h9-10H,5-8H2,1-4H3,(H,14,15). The summed E-state index contributed by atoms with van der Waals surface area (Å²) in [6.07, 6.45) is 3.25. The zero-order valence-electron chi connectivity index (χ0n) is 11.2. The minimum absolute atomic E-state index is 0.0359. The van der Waals surface area contributed by atoms with E-state index < -0.39 is 5.60 Å². The Morgan fingerprint density at radius 1 is 1.18 bits per heavy atom. The molecule has 0 spiro atoms. The van der Waals surface area contributed by atoms with E-state index in [4.69, 9.17) is 4.74 Å². The Bertz CT molecular complexity index is 294. The maximum Gasteiger partial charge on any atom is 0.309 e. The normalized spacial score (nSPS) is 25.2. The lowest BCUT2D eigenvalue weighted by Crippen LogP contribution is -2.36. The van der Waals surface area contributed by atoms with Gasteiger partial charge in [-0.2, -0.15) is 0 Å². The second-order valence-corrected chi connectivity index (χ2v) is 5.71. The zero-order chi connectivity index (χ0) is 13.1. The maximum absolute atomic E-state index is 11.9. The van der Waals surface area contributed by atoms with Gasteiger partial charge in [0.05, 0.1) is 5.92 Å². The molecule has 1 amide bonds. The number of carbonyl (C=O) groups is 2. The maximum atomic E-state index is 11.9. The van der Waals surface area contributed by atoms with Crippen LogP contribution in [0.2, 0.25) is 0 Å². The number of carbonyl (C=O) groups excluding carboxylic acids is 2. The molecule has 1 saturated carbocycles. The van der Waals surface area contributed by atoms with E-state index in [-0.39, 0.29) is 23.7 Å². The summed E-state index contributed by atoms with van der Waals surface area (Å²) in [5.41, 5.74) is -0.447. The third-order valence-electron chi connectivity index (χ3n) is 3.03. The largest absolute Gasteiger partial charge is 0.460 e. The van der Waals surface area contributed by atoms with Crippen LogP contribution in [0.25, 0.3) is 0 Å². The van der Waals surface area contributed by atoms with Crippen molar-refractivity contribution in [2.24, 2.45) is 11.8 Å². The fourth-order valence-electron chi connectivity index (χ4n) is 2.23. The third-order valence-corrected chi connectivity index (χ3v) is 3.03. The highest BCUT2D eigenvalue weighted by molar-refractivity contribution is 5.80. The molecule has 0 bridgehead atoms. The van der Waals surface area contributed by atoms with Crippen molar-refractivity contribution in [2.75, 3.05) is 7.05 Å². The number of hydrogen-bond acceptors (Lipinski definition) is 3. The van der Waals surface area contributed by atoms with E-state index in [0.29, 0.717) is 6.42 Å².